The van der Waals surface area contributed by atoms with Crippen molar-refractivity contribution in [3.63, 3.8) is 0 Å². The molecule has 0 radical (unpaired) electrons. The Balaban J connectivity index is 2.27. The van der Waals surface area contributed by atoms with E-state index in [1.807, 2.05) is 4.90 Å². The summed E-state index contributed by atoms with van der Waals surface area (Å²) in [4.78, 5) is 35.7. The lowest BCUT2D eigenvalue weighted by Crippen LogP contribution is -2.46. The maximum atomic E-state index is 12.4. The molecule has 1 aliphatic heterocycles. The number of carboxylic acid groups (broad SMARTS) is 1. The van der Waals surface area contributed by atoms with Crippen molar-refractivity contribution in [3.8, 4) is 0 Å². The summed E-state index contributed by atoms with van der Waals surface area (Å²) in [5.74, 6) is -1.08. The minimum atomic E-state index is -0.758. The van der Waals surface area contributed by atoms with Gasteiger partial charge in [-0.2, -0.15) is 0 Å². The van der Waals surface area contributed by atoms with Gasteiger partial charge in [-0.1, -0.05) is 12.8 Å². The van der Waals surface area contributed by atoms with Crippen LogP contribution < -0.4 is 11.1 Å². The Morgan fingerprint density at radius 1 is 1.04 bits per heavy atom. The van der Waals surface area contributed by atoms with E-state index in [2.05, 4.69) is 5.32 Å². The number of hydrogen-bond acceptors (Lipinski definition) is 4. The third-order valence-electron chi connectivity index (χ3n) is 4.10. The zero-order valence-corrected chi connectivity index (χ0v) is 13.8. The largest absolute Gasteiger partial charge is 0.481 e. The Morgan fingerprint density at radius 2 is 1.70 bits per heavy atom. The summed E-state index contributed by atoms with van der Waals surface area (Å²) in [6, 6.07) is -0.348. The molecule has 0 aromatic rings. The molecule has 0 saturated carbocycles. The van der Waals surface area contributed by atoms with Gasteiger partial charge in [-0.15, -0.1) is 0 Å². The van der Waals surface area contributed by atoms with Crippen molar-refractivity contribution in [1.29, 1.82) is 0 Å². The summed E-state index contributed by atoms with van der Waals surface area (Å²) in [7, 11) is 0. The van der Waals surface area contributed by atoms with E-state index < -0.39 is 5.97 Å². The first-order valence-electron chi connectivity index (χ1n) is 8.53. The van der Waals surface area contributed by atoms with Crippen LogP contribution in [0.3, 0.4) is 0 Å². The highest BCUT2D eigenvalue weighted by Gasteiger charge is 2.26. The van der Waals surface area contributed by atoms with E-state index in [0.717, 1.165) is 45.2 Å². The molecular formula is C16H29N3O4. The average Bonchev–Trinajstić information content (AvgIpc) is 3.02. The number of unbranched alkanes of at least 4 members (excludes halogenated alkanes) is 3. The molecule has 0 aliphatic carbocycles. The Bertz CT molecular complexity index is 395. The number of aliphatic carboxylic acids is 1. The van der Waals surface area contributed by atoms with Crippen molar-refractivity contribution in [3.05, 3.63) is 0 Å². The quantitative estimate of drug-likeness (QED) is 0.460. The molecule has 0 spiro atoms. The minimum absolute atomic E-state index is 0.0645. The third kappa shape index (κ3) is 8.54. The molecule has 1 atom stereocenters. The zero-order chi connectivity index (χ0) is 17.1. The lowest BCUT2D eigenvalue weighted by Gasteiger charge is -2.24. The molecule has 23 heavy (non-hydrogen) atoms. The van der Waals surface area contributed by atoms with E-state index in [0.29, 0.717) is 19.4 Å². The molecule has 1 unspecified atom stereocenters. The molecule has 1 heterocycles. The van der Waals surface area contributed by atoms with Crippen molar-refractivity contribution in [2.75, 3.05) is 19.6 Å². The molecule has 7 heteroatoms. The fourth-order valence-corrected chi connectivity index (χ4v) is 2.79. The van der Waals surface area contributed by atoms with Crippen LogP contribution in [0.25, 0.3) is 0 Å². The summed E-state index contributed by atoms with van der Waals surface area (Å²) < 4.78 is 0. The van der Waals surface area contributed by atoms with E-state index >= 15 is 0 Å². The standard InChI is InChI=1S/C16H29N3O4/c17-14(20)9-8-13(16(23)19-11-5-6-12-19)18-10-4-2-1-3-7-15(21)22/h13,18H,1-12H2,(H2,17,20)(H,21,22). The van der Waals surface area contributed by atoms with Crippen LogP contribution in [0.1, 0.15) is 57.8 Å². The molecule has 1 fully saturated rings. The second-order valence-electron chi connectivity index (χ2n) is 6.10. The second-order valence-corrected chi connectivity index (χ2v) is 6.10. The molecule has 7 nitrogen and oxygen atoms in total. The van der Waals surface area contributed by atoms with Gasteiger partial charge in [0, 0.05) is 25.9 Å². The van der Waals surface area contributed by atoms with Crippen molar-refractivity contribution in [2.24, 2.45) is 5.73 Å². The van der Waals surface area contributed by atoms with Gasteiger partial charge in [-0.3, -0.25) is 14.4 Å². The van der Waals surface area contributed by atoms with Gasteiger partial charge in [0.15, 0.2) is 0 Å². The molecule has 1 rings (SSSR count). The Hall–Kier alpha value is -1.63. The number of carbonyl (C=O) groups is 3. The SMILES string of the molecule is NC(=O)CCC(NCCCCCCC(=O)O)C(=O)N1CCCC1. The molecular weight excluding hydrogens is 298 g/mol. The number of primary amides is 1. The topological polar surface area (TPSA) is 113 Å². The number of carbonyl (C=O) groups excluding carboxylic acids is 2. The van der Waals surface area contributed by atoms with Crippen LogP contribution in [-0.2, 0) is 14.4 Å². The zero-order valence-electron chi connectivity index (χ0n) is 13.8. The highest BCUT2D eigenvalue weighted by Crippen LogP contribution is 2.12. The highest BCUT2D eigenvalue weighted by atomic mass is 16.4. The van der Waals surface area contributed by atoms with Crippen LogP contribution in [0.15, 0.2) is 0 Å². The number of rotatable bonds is 12. The summed E-state index contributed by atoms with van der Waals surface area (Å²) in [5, 5.41) is 11.8. The number of hydrogen-bond donors (Lipinski definition) is 3. The van der Waals surface area contributed by atoms with Gasteiger partial charge < -0.3 is 21.1 Å². The Morgan fingerprint density at radius 3 is 2.30 bits per heavy atom. The fourth-order valence-electron chi connectivity index (χ4n) is 2.79. The molecule has 2 amide bonds. The summed E-state index contributed by atoms with van der Waals surface area (Å²) in [5.41, 5.74) is 5.19. The lowest BCUT2D eigenvalue weighted by atomic mass is 10.1. The molecule has 132 valence electrons. The van der Waals surface area contributed by atoms with Gasteiger partial charge in [-0.05, 0) is 38.6 Å². The molecule has 0 aromatic carbocycles. The maximum absolute atomic E-state index is 12.4. The van der Waals surface area contributed by atoms with Gasteiger partial charge in [0.05, 0.1) is 6.04 Å². The summed E-state index contributed by atoms with van der Waals surface area (Å²) >= 11 is 0. The average molecular weight is 327 g/mol. The number of nitrogens with two attached hydrogens (primary N) is 1. The van der Waals surface area contributed by atoms with E-state index in [1.54, 1.807) is 0 Å². The van der Waals surface area contributed by atoms with Crippen LogP contribution in [0, 0.1) is 0 Å². The molecule has 1 aliphatic rings. The van der Waals surface area contributed by atoms with Gasteiger partial charge >= 0.3 is 5.97 Å². The first-order valence-corrected chi connectivity index (χ1v) is 8.53. The molecule has 0 bridgehead atoms. The van der Waals surface area contributed by atoms with Crippen molar-refractivity contribution in [2.45, 2.75) is 63.8 Å². The number of amides is 2. The first kappa shape index (κ1) is 19.4. The van der Waals surface area contributed by atoms with Gasteiger partial charge in [0.2, 0.25) is 11.8 Å². The summed E-state index contributed by atoms with van der Waals surface area (Å²) in [6.45, 7) is 2.28. The first-order chi connectivity index (χ1) is 11.0. The van der Waals surface area contributed by atoms with Gasteiger partial charge in [-0.25, -0.2) is 0 Å². The van der Waals surface area contributed by atoms with Crippen molar-refractivity contribution >= 4 is 17.8 Å². The third-order valence-corrected chi connectivity index (χ3v) is 4.10. The smallest absolute Gasteiger partial charge is 0.303 e. The monoisotopic (exact) mass is 327 g/mol. The fraction of sp³-hybridized carbons (Fsp3) is 0.812. The van der Waals surface area contributed by atoms with E-state index in [1.165, 1.54) is 0 Å². The molecule has 0 aromatic heterocycles. The normalized spacial score (nSPS) is 15.6. The van der Waals surface area contributed by atoms with E-state index in [-0.39, 0.29) is 30.7 Å². The molecule has 4 N–H and O–H groups in total. The van der Waals surface area contributed by atoms with Crippen molar-refractivity contribution < 1.29 is 19.5 Å². The highest BCUT2D eigenvalue weighted by molar-refractivity contribution is 5.83. The maximum Gasteiger partial charge on any atom is 0.303 e. The number of likely N-dealkylation sites (tertiary alicyclic amines) is 1. The van der Waals surface area contributed by atoms with Gasteiger partial charge in [0.1, 0.15) is 0 Å². The van der Waals surface area contributed by atoms with Crippen LogP contribution in [0.5, 0.6) is 0 Å². The minimum Gasteiger partial charge on any atom is -0.481 e. The Labute approximate surface area is 137 Å². The Kier molecular flexibility index (Phi) is 9.28. The predicted octanol–water partition coefficient (Wildman–Crippen LogP) is 0.868. The van der Waals surface area contributed by atoms with Crippen LogP contribution >= 0.6 is 0 Å². The van der Waals surface area contributed by atoms with E-state index in [9.17, 15) is 14.4 Å². The van der Waals surface area contributed by atoms with E-state index in [4.69, 9.17) is 10.8 Å². The number of nitrogens with one attached hydrogen (secondary N) is 1. The van der Waals surface area contributed by atoms with Gasteiger partial charge in [0.25, 0.3) is 0 Å². The second kappa shape index (κ2) is 11.0. The number of carboxylic acids is 1. The van der Waals surface area contributed by atoms with Crippen LogP contribution in [0.2, 0.25) is 0 Å². The lowest BCUT2D eigenvalue weighted by molar-refractivity contribution is -0.137. The van der Waals surface area contributed by atoms with Crippen LogP contribution in [0.4, 0.5) is 0 Å². The predicted molar refractivity (Wildman–Crippen MR) is 86.8 cm³/mol. The molecule has 1 saturated heterocycles. The van der Waals surface area contributed by atoms with Crippen LogP contribution in [-0.4, -0.2) is 53.5 Å². The summed E-state index contributed by atoms with van der Waals surface area (Å²) in [6.07, 6.45) is 6.31. The van der Waals surface area contributed by atoms with Crippen molar-refractivity contribution in [1.82, 2.24) is 10.2 Å². The number of nitrogens with zero attached hydrogens (tertiary/aromatic N) is 1.